The molecule has 2 N–H and O–H groups in total. The predicted octanol–water partition coefficient (Wildman–Crippen LogP) is 1.82. The molecule has 5 heteroatoms. The monoisotopic (exact) mass is 254 g/mol. The van der Waals surface area contributed by atoms with Crippen LogP contribution in [-0.2, 0) is 4.79 Å². The number of carbonyl (C=O) groups excluding carboxylic acids is 1. The van der Waals surface area contributed by atoms with Crippen molar-refractivity contribution in [3.05, 3.63) is 0 Å². The Bertz CT molecular complexity index is 326. The number of rotatable bonds is 3. The van der Waals surface area contributed by atoms with Gasteiger partial charge in [-0.3, -0.25) is 4.79 Å². The van der Waals surface area contributed by atoms with Gasteiger partial charge >= 0.3 is 12.0 Å². The lowest BCUT2D eigenvalue weighted by Gasteiger charge is -2.39. The fourth-order valence-corrected chi connectivity index (χ4v) is 2.96. The first-order chi connectivity index (χ1) is 8.56. The quantitative estimate of drug-likeness (QED) is 0.807. The summed E-state index contributed by atoms with van der Waals surface area (Å²) in [6.07, 6.45) is 4.95. The van der Waals surface area contributed by atoms with Crippen LogP contribution in [0.15, 0.2) is 0 Å². The largest absolute Gasteiger partial charge is 0.481 e. The Kier molecular flexibility index (Phi) is 4.09. The minimum absolute atomic E-state index is 0.0640. The molecule has 2 aliphatic rings. The Morgan fingerprint density at radius 3 is 2.67 bits per heavy atom. The molecule has 0 radical (unpaired) electrons. The third-order valence-corrected chi connectivity index (χ3v) is 4.00. The number of carbonyl (C=O) groups is 2. The third kappa shape index (κ3) is 3.15. The average molecular weight is 254 g/mol. The van der Waals surface area contributed by atoms with Crippen LogP contribution in [0.3, 0.4) is 0 Å². The molecule has 0 spiro atoms. The lowest BCUT2D eigenvalue weighted by atomic mass is 9.82. The topological polar surface area (TPSA) is 69.6 Å². The molecule has 1 unspecified atom stereocenters. The summed E-state index contributed by atoms with van der Waals surface area (Å²) in [6, 6.07) is 0.0894. The van der Waals surface area contributed by atoms with E-state index in [9.17, 15) is 9.59 Å². The van der Waals surface area contributed by atoms with E-state index in [0.29, 0.717) is 18.5 Å². The van der Waals surface area contributed by atoms with Gasteiger partial charge in [-0.2, -0.15) is 0 Å². The van der Waals surface area contributed by atoms with Crippen molar-refractivity contribution in [1.82, 2.24) is 10.2 Å². The molecule has 2 rings (SSSR count). The number of urea groups is 1. The fourth-order valence-electron chi connectivity index (χ4n) is 2.96. The molecule has 2 amide bonds. The Balaban J connectivity index is 1.87. The molecule has 0 bridgehead atoms. The number of aliphatic carboxylic acids is 1. The summed E-state index contributed by atoms with van der Waals surface area (Å²) in [5.41, 5.74) is 0. The maximum absolute atomic E-state index is 12.1. The molecule has 0 aromatic rings. The number of carboxylic acids is 1. The Morgan fingerprint density at radius 2 is 2.06 bits per heavy atom. The van der Waals surface area contributed by atoms with Crippen LogP contribution in [0.2, 0.25) is 0 Å². The van der Waals surface area contributed by atoms with E-state index in [2.05, 4.69) is 12.2 Å². The van der Waals surface area contributed by atoms with Gasteiger partial charge in [-0.15, -0.1) is 0 Å². The standard InChI is InChI=1S/C13H22N2O3/c1-9-6-10(7-9)14-13(18)15-5-3-2-4-11(15)8-12(16)17/h9-11H,2-8H2,1H3,(H,14,18)(H,16,17). The second-order valence-electron chi connectivity index (χ2n) is 5.66. The van der Waals surface area contributed by atoms with Crippen molar-refractivity contribution in [2.45, 2.75) is 57.5 Å². The van der Waals surface area contributed by atoms with Gasteiger partial charge in [0.1, 0.15) is 0 Å². The average Bonchev–Trinajstić information content (AvgIpc) is 2.26. The van der Waals surface area contributed by atoms with Crippen LogP contribution < -0.4 is 5.32 Å². The number of carboxylic acid groups (broad SMARTS) is 1. The van der Waals surface area contributed by atoms with Crippen molar-refractivity contribution >= 4 is 12.0 Å². The van der Waals surface area contributed by atoms with E-state index in [1.165, 1.54) is 0 Å². The molecule has 1 saturated heterocycles. The van der Waals surface area contributed by atoms with Gasteiger partial charge in [-0.1, -0.05) is 6.92 Å². The summed E-state index contributed by atoms with van der Waals surface area (Å²) in [5, 5.41) is 11.9. The van der Waals surface area contributed by atoms with Gasteiger partial charge in [0.2, 0.25) is 0 Å². The maximum Gasteiger partial charge on any atom is 0.317 e. The highest BCUT2D eigenvalue weighted by Crippen LogP contribution is 2.27. The zero-order chi connectivity index (χ0) is 13.1. The molecule has 1 saturated carbocycles. The molecule has 18 heavy (non-hydrogen) atoms. The predicted molar refractivity (Wildman–Crippen MR) is 67.3 cm³/mol. The van der Waals surface area contributed by atoms with Crippen molar-refractivity contribution in [3.63, 3.8) is 0 Å². The molecule has 102 valence electrons. The van der Waals surface area contributed by atoms with E-state index >= 15 is 0 Å². The molecule has 1 aliphatic carbocycles. The van der Waals surface area contributed by atoms with Crippen molar-refractivity contribution in [1.29, 1.82) is 0 Å². The summed E-state index contributed by atoms with van der Waals surface area (Å²) < 4.78 is 0. The summed E-state index contributed by atoms with van der Waals surface area (Å²) in [6.45, 7) is 2.86. The molecule has 0 aromatic heterocycles. The molecular formula is C13H22N2O3. The Morgan fingerprint density at radius 1 is 1.33 bits per heavy atom. The number of piperidine rings is 1. The first-order valence-corrected chi connectivity index (χ1v) is 6.85. The molecule has 1 heterocycles. The summed E-state index contributed by atoms with van der Waals surface area (Å²) in [5.74, 6) is -0.122. The van der Waals surface area contributed by atoms with Crippen molar-refractivity contribution in [3.8, 4) is 0 Å². The molecule has 2 fully saturated rings. The zero-order valence-electron chi connectivity index (χ0n) is 10.9. The van der Waals surface area contributed by atoms with Crippen LogP contribution in [0.4, 0.5) is 4.79 Å². The minimum Gasteiger partial charge on any atom is -0.481 e. The third-order valence-electron chi connectivity index (χ3n) is 4.00. The molecule has 1 atom stereocenters. The normalized spacial score (nSPS) is 31.6. The van der Waals surface area contributed by atoms with Crippen molar-refractivity contribution in [2.75, 3.05) is 6.54 Å². The van der Waals surface area contributed by atoms with Gasteiger partial charge < -0.3 is 15.3 Å². The van der Waals surface area contributed by atoms with Gasteiger partial charge in [0.25, 0.3) is 0 Å². The van der Waals surface area contributed by atoms with Gasteiger partial charge in [0.05, 0.1) is 6.42 Å². The Labute approximate surface area is 108 Å². The van der Waals surface area contributed by atoms with Crippen LogP contribution in [0.5, 0.6) is 0 Å². The molecule has 1 aliphatic heterocycles. The summed E-state index contributed by atoms with van der Waals surface area (Å²) in [4.78, 5) is 24.7. The van der Waals surface area contributed by atoms with Crippen LogP contribution in [0.25, 0.3) is 0 Å². The van der Waals surface area contributed by atoms with Gasteiger partial charge in [0, 0.05) is 18.6 Å². The van der Waals surface area contributed by atoms with E-state index < -0.39 is 5.97 Å². The number of likely N-dealkylation sites (tertiary alicyclic amines) is 1. The number of hydrogen-bond acceptors (Lipinski definition) is 2. The molecule has 0 aromatic carbocycles. The smallest absolute Gasteiger partial charge is 0.317 e. The second-order valence-corrected chi connectivity index (χ2v) is 5.66. The molecular weight excluding hydrogens is 232 g/mol. The zero-order valence-corrected chi connectivity index (χ0v) is 10.9. The fraction of sp³-hybridized carbons (Fsp3) is 0.846. The maximum atomic E-state index is 12.1. The highest BCUT2D eigenvalue weighted by Gasteiger charge is 2.32. The van der Waals surface area contributed by atoms with E-state index in [1.807, 2.05) is 0 Å². The molecule has 5 nitrogen and oxygen atoms in total. The Hall–Kier alpha value is -1.26. The lowest BCUT2D eigenvalue weighted by molar-refractivity contribution is -0.138. The second kappa shape index (κ2) is 5.59. The number of nitrogens with zero attached hydrogens (tertiary/aromatic N) is 1. The SMILES string of the molecule is CC1CC(NC(=O)N2CCCCC2CC(=O)O)C1. The van der Waals surface area contributed by atoms with Crippen LogP contribution in [0, 0.1) is 5.92 Å². The van der Waals surface area contributed by atoms with E-state index in [4.69, 9.17) is 5.11 Å². The van der Waals surface area contributed by atoms with Gasteiger partial charge in [0.15, 0.2) is 0 Å². The summed E-state index contributed by atoms with van der Waals surface area (Å²) in [7, 11) is 0. The first kappa shape index (κ1) is 13.2. The van der Waals surface area contributed by atoms with Crippen molar-refractivity contribution < 1.29 is 14.7 Å². The summed E-state index contributed by atoms with van der Waals surface area (Å²) >= 11 is 0. The number of nitrogens with one attached hydrogen (secondary N) is 1. The lowest BCUT2D eigenvalue weighted by Crippen LogP contribution is -2.54. The van der Waals surface area contributed by atoms with E-state index in [0.717, 1.165) is 32.1 Å². The van der Waals surface area contributed by atoms with Crippen LogP contribution >= 0.6 is 0 Å². The number of hydrogen-bond donors (Lipinski definition) is 2. The van der Waals surface area contributed by atoms with Crippen LogP contribution in [0.1, 0.15) is 45.4 Å². The first-order valence-electron chi connectivity index (χ1n) is 6.85. The van der Waals surface area contributed by atoms with Crippen molar-refractivity contribution in [2.24, 2.45) is 5.92 Å². The van der Waals surface area contributed by atoms with Crippen LogP contribution in [-0.4, -0.2) is 40.6 Å². The van der Waals surface area contributed by atoms with Gasteiger partial charge in [-0.05, 0) is 38.0 Å². The van der Waals surface area contributed by atoms with Gasteiger partial charge in [-0.25, -0.2) is 4.79 Å². The van der Waals surface area contributed by atoms with E-state index in [1.54, 1.807) is 4.90 Å². The van der Waals surface area contributed by atoms with E-state index in [-0.39, 0.29) is 18.5 Å². The number of amides is 2. The highest BCUT2D eigenvalue weighted by atomic mass is 16.4. The minimum atomic E-state index is -0.822. The highest BCUT2D eigenvalue weighted by molar-refractivity contribution is 5.76.